The first-order valence-corrected chi connectivity index (χ1v) is 9.80. The summed E-state index contributed by atoms with van der Waals surface area (Å²) in [6.07, 6.45) is 5.74. The van der Waals surface area contributed by atoms with Crippen LogP contribution in [0.25, 0.3) is 0 Å². The number of rotatable bonds is 8. The van der Waals surface area contributed by atoms with Gasteiger partial charge >= 0.3 is 0 Å². The molecule has 0 radical (unpaired) electrons. The molecule has 8 heteroatoms. The van der Waals surface area contributed by atoms with Crippen LogP contribution in [0.15, 0.2) is 33.5 Å². The van der Waals surface area contributed by atoms with E-state index in [1.54, 1.807) is 10.9 Å². The van der Waals surface area contributed by atoms with Gasteiger partial charge in [0.05, 0.1) is 27.4 Å². The van der Waals surface area contributed by atoms with Gasteiger partial charge in [0.2, 0.25) is 5.91 Å². The Morgan fingerprint density at radius 2 is 2.08 bits per heavy atom. The third-order valence-corrected chi connectivity index (χ3v) is 4.90. The molecule has 1 aromatic heterocycles. The Balaban J connectivity index is 1.55. The van der Waals surface area contributed by atoms with E-state index in [-0.39, 0.29) is 12.5 Å². The SMILES string of the molecule is CCOc1c(Br)cc(CNc2cnn(CC(=O)NC3CC3)c2)cc1Br. The van der Waals surface area contributed by atoms with Gasteiger partial charge in [-0.15, -0.1) is 0 Å². The van der Waals surface area contributed by atoms with Crippen molar-refractivity contribution in [3.8, 4) is 5.75 Å². The number of carbonyl (C=O) groups excluding carboxylic acids is 1. The van der Waals surface area contributed by atoms with Crippen molar-refractivity contribution in [3.05, 3.63) is 39.0 Å². The lowest BCUT2D eigenvalue weighted by Gasteiger charge is -2.11. The molecule has 0 saturated heterocycles. The number of amides is 1. The van der Waals surface area contributed by atoms with Gasteiger partial charge in [-0.05, 0) is 69.3 Å². The van der Waals surface area contributed by atoms with E-state index >= 15 is 0 Å². The van der Waals surface area contributed by atoms with E-state index in [1.807, 2.05) is 25.3 Å². The summed E-state index contributed by atoms with van der Waals surface area (Å²) in [6, 6.07) is 4.42. The monoisotopic (exact) mass is 470 g/mol. The van der Waals surface area contributed by atoms with Crippen molar-refractivity contribution < 1.29 is 9.53 Å². The molecular weight excluding hydrogens is 452 g/mol. The minimum atomic E-state index is 0.0107. The van der Waals surface area contributed by atoms with Crippen LogP contribution in [-0.4, -0.2) is 28.3 Å². The van der Waals surface area contributed by atoms with Crippen LogP contribution in [0.1, 0.15) is 25.3 Å². The van der Waals surface area contributed by atoms with Gasteiger partial charge in [0.15, 0.2) is 0 Å². The van der Waals surface area contributed by atoms with E-state index in [1.165, 1.54) is 0 Å². The summed E-state index contributed by atoms with van der Waals surface area (Å²) in [5, 5.41) is 10.5. The highest BCUT2D eigenvalue weighted by molar-refractivity contribution is 9.11. The first kappa shape index (κ1) is 18.3. The molecule has 1 aliphatic rings. The summed E-state index contributed by atoms with van der Waals surface area (Å²) in [7, 11) is 0. The number of carbonyl (C=O) groups is 1. The quantitative estimate of drug-likeness (QED) is 0.615. The second kappa shape index (κ2) is 8.23. The van der Waals surface area contributed by atoms with Crippen LogP contribution in [0.2, 0.25) is 0 Å². The molecule has 0 unspecified atom stereocenters. The van der Waals surface area contributed by atoms with Crippen molar-refractivity contribution in [1.82, 2.24) is 15.1 Å². The van der Waals surface area contributed by atoms with Crippen LogP contribution in [0.4, 0.5) is 5.69 Å². The highest BCUT2D eigenvalue weighted by atomic mass is 79.9. The van der Waals surface area contributed by atoms with Gasteiger partial charge in [0.25, 0.3) is 0 Å². The molecule has 0 bridgehead atoms. The van der Waals surface area contributed by atoms with Gasteiger partial charge in [-0.25, -0.2) is 0 Å². The molecule has 0 aliphatic heterocycles. The van der Waals surface area contributed by atoms with Gasteiger partial charge in [-0.1, -0.05) is 0 Å². The highest BCUT2D eigenvalue weighted by Crippen LogP contribution is 2.35. The van der Waals surface area contributed by atoms with E-state index in [4.69, 9.17) is 4.74 Å². The second-order valence-electron chi connectivity index (χ2n) is 5.94. The third-order valence-electron chi connectivity index (χ3n) is 3.72. The standard InChI is InChI=1S/C17H20Br2N4O2/c1-2-25-17-14(18)5-11(6-15(17)19)7-20-13-8-21-23(9-13)10-16(24)22-12-3-4-12/h5-6,8-9,12,20H,2-4,7,10H2,1H3,(H,22,24). The molecule has 0 atom stereocenters. The molecule has 3 rings (SSSR count). The Hall–Kier alpha value is -1.54. The summed E-state index contributed by atoms with van der Waals surface area (Å²) >= 11 is 7.07. The number of hydrogen-bond acceptors (Lipinski definition) is 4. The molecule has 0 spiro atoms. The van der Waals surface area contributed by atoms with Gasteiger partial charge in [0.1, 0.15) is 12.3 Å². The van der Waals surface area contributed by atoms with Crippen LogP contribution >= 0.6 is 31.9 Å². The molecule has 2 aromatic rings. The number of anilines is 1. The predicted octanol–water partition coefficient (Wildman–Crippen LogP) is 3.70. The highest BCUT2D eigenvalue weighted by Gasteiger charge is 2.23. The second-order valence-corrected chi connectivity index (χ2v) is 7.65. The average Bonchev–Trinajstić information content (AvgIpc) is 3.26. The van der Waals surface area contributed by atoms with Crippen LogP contribution in [-0.2, 0) is 17.9 Å². The Morgan fingerprint density at radius 1 is 1.36 bits per heavy atom. The van der Waals surface area contributed by atoms with Gasteiger partial charge in [0, 0.05) is 18.8 Å². The van der Waals surface area contributed by atoms with E-state index in [0.717, 1.165) is 38.8 Å². The number of ether oxygens (including phenoxy) is 1. The largest absolute Gasteiger partial charge is 0.492 e. The molecule has 1 fully saturated rings. The number of aromatic nitrogens is 2. The molecule has 1 aromatic carbocycles. The number of benzene rings is 1. The Bertz CT molecular complexity index is 736. The van der Waals surface area contributed by atoms with Gasteiger partial charge < -0.3 is 15.4 Å². The Kier molecular flexibility index (Phi) is 6.01. The molecule has 134 valence electrons. The number of hydrogen-bond donors (Lipinski definition) is 2. The molecule has 1 amide bonds. The zero-order valence-electron chi connectivity index (χ0n) is 13.9. The van der Waals surface area contributed by atoms with Crippen molar-refractivity contribution in [2.45, 2.75) is 38.9 Å². The number of nitrogens with zero attached hydrogens (tertiary/aromatic N) is 2. The van der Waals surface area contributed by atoms with Crippen LogP contribution < -0.4 is 15.4 Å². The maximum Gasteiger partial charge on any atom is 0.241 e. The van der Waals surface area contributed by atoms with Gasteiger partial charge in [-0.3, -0.25) is 9.48 Å². The lowest BCUT2D eigenvalue weighted by atomic mass is 10.2. The van der Waals surface area contributed by atoms with Crippen LogP contribution in [0.5, 0.6) is 5.75 Å². The molecule has 1 saturated carbocycles. The van der Waals surface area contributed by atoms with E-state index < -0.39 is 0 Å². The summed E-state index contributed by atoms with van der Waals surface area (Å²) < 4.78 is 9.06. The van der Waals surface area contributed by atoms with Crippen molar-refractivity contribution in [1.29, 1.82) is 0 Å². The molecule has 25 heavy (non-hydrogen) atoms. The van der Waals surface area contributed by atoms with E-state index in [0.29, 0.717) is 19.2 Å². The number of nitrogens with one attached hydrogen (secondary N) is 2. The summed E-state index contributed by atoms with van der Waals surface area (Å²) in [6.45, 7) is 3.46. The first-order valence-electron chi connectivity index (χ1n) is 8.21. The molecule has 2 N–H and O–H groups in total. The molecule has 1 heterocycles. The fraction of sp³-hybridized carbons (Fsp3) is 0.412. The van der Waals surface area contributed by atoms with Crippen LogP contribution in [0, 0.1) is 0 Å². The predicted molar refractivity (Wildman–Crippen MR) is 104 cm³/mol. The maximum atomic E-state index is 11.8. The maximum absolute atomic E-state index is 11.8. The minimum Gasteiger partial charge on any atom is -0.492 e. The lowest BCUT2D eigenvalue weighted by molar-refractivity contribution is -0.122. The van der Waals surface area contributed by atoms with E-state index in [2.05, 4.69) is 47.6 Å². The fourth-order valence-corrected chi connectivity index (χ4v) is 3.90. The zero-order valence-corrected chi connectivity index (χ0v) is 17.1. The van der Waals surface area contributed by atoms with Crippen molar-refractivity contribution in [3.63, 3.8) is 0 Å². The molecular formula is C17H20Br2N4O2. The molecule has 1 aliphatic carbocycles. The Labute approximate surface area is 163 Å². The van der Waals surface area contributed by atoms with Crippen molar-refractivity contribution in [2.75, 3.05) is 11.9 Å². The zero-order chi connectivity index (χ0) is 17.8. The lowest BCUT2D eigenvalue weighted by Crippen LogP contribution is -2.29. The third kappa shape index (κ3) is 5.22. The van der Waals surface area contributed by atoms with Gasteiger partial charge in [-0.2, -0.15) is 5.10 Å². The molecule has 6 nitrogen and oxygen atoms in total. The normalized spacial score (nSPS) is 13.6. The summed E-state index contributed by atoms with van der Waals surface area (Å²) in [4.78, 5) is 11.8. The summed E-state index contributed by atoms with van der Waals surface area (Å²) in [5.74, 6) is 0.817. The Morgan fingerprint density at radius 3 is 2.72 bits per heavy atom. The smallest absolute Gasteiger partial charge is 0.241 e. The fourth-order valence-electron chi connectivity index (χ4n) is 2.39. The topological polar surface area (TPSA) is 68.2 Å². The minimum absolute atomic E-state index is 0.0107. The first-order chi connectivity index (χ1) is 12.0. The van der Waals surface area contributed by atoms with Crippen molar-refractivity contribution in [2.24, 2.45) is 0 Å². The summed E-state index contributed by atoms with van der Waals surface area (Å²) in [5.41, 5.74) is 1.97. The van der Waals surface area contributed by atoms with Crippen LogP contribution in [0.3, 0.4) is 0 Å². The van der Waals surface area contributed by atoms with Crippen molar-refractivity contribution >= 4 is 43.5 Å². The van der Waals surface area contributed by atoms with E-state index in [9.17, 15) is 4.79 Å². The average molecular weight is 472 g/mol. The number of halogens is 2.